The van der Waals surface area contributed by atoms with Gasteiger partial charge < -0.3 is 10.2 Å². The molecule has 0 amide bonds. The van der Waals surface area contributed by atoms with Gasteiger partial charge >= 0.3 is 0 Å². The monoisotopic (exact) mass is 269 g/mol. The summed E-state index contributed by atoms with van der Waals surface area (Å²) < 4.78 is 5.46. The third-order valence-corrected chi connectivity index (χ3v) is 4.74. The van der Waals surface area contributed by atoms with Crippen LogP contribution in [0.1, 0.15) is 44.1 Å². The van der Waals surface area contributed by atoms with Gasteiger partial charge in [0, 0.05) is 5.56 Å². The minimum Gasteiger partial charge on any atom is -0.464 e. The Bertz CT molecular complexity index is 516. The molecule has 20 heavy (non-hydrogen) atoms. The predicted molar refractivity (Wildman–Crippen MR) is 82.6 cm³/mol. The maximum Gasteiger partial charge on any atom is 0.133 e. The maximum atomic E-state index is 5.87. The fourth-order valence-electron chi connectivity index (χ4n) is 3.62. The molecule has 106 valence electrons. The highest BCUT2D eigenvalue weighted by atomic mass is 16.3. The second kappa shape index (κ2) is 5.84. The Kier molecular flexibility index (Phi) is 3.93. The highest BCUT2D eigenvalue weighted by Gasteiger charge is 2.32. The van der Waals surface area contributed by atoms with Gasteiger partial charge in [0.25, 0.3) is 0 Å². The summed E-state index contributed by atoms with van der Waals surface area (Å²) in [5.41, 5.74) is 8.80. The van der Waals surface area contributed by atoms with Gasteiger partial charge in [0.15, 0.2) is 0 Å². The first-order valence-corrected chi connectivity index (χ1v) is 7.69. The van der Waals surface area contributed by atoms with E-state index < -0.39 is 0 Å². The molecule has 1 heterocycles. The molecule has 3 rings (SSSR count). The van der Waals surface area contributed by atoms with Crippen molar-refractivity contribution in [1.29, 1.82) is 0 Å². The van der Waals surface area contributed by atoms with Gasteiger partial charge in [-0.15, -0.1) is 0 Å². The fourth-order valence-corrected chi connectivity index (χ4v) is 3.62. The maximum absolute atomic E-state index is 5.87. The number of hydrogen-bond donors (Lipinski definition) is 1. The Morgan fingerprint density at radius 1 is 1.00 bits per heavy atom. The van der Waals surface area contributed by atoms with Crippen LogP contribution in [0.5, 0.6) is 0 Å². The van der Waals surface area contributed by atoms with Crippen molar-refractivity contribution in [2.75, 3.05) is 6.54 Å². The minimum absolute atomic E-state index is 0.314. The van der Waals surface area contributed by atoms with Crippen molar-refractivity contribution < 1.29 is 4.42 Å². The summed E-state index contributed by atoms with van der Waals surface area (Å²) in [5, 5.41) is 0. The molecule has 2 aromatic rings. The van der Waals surface area contributed by atoms with Crippen molar-refractivity contribution in [1.82, 2.24) is 0 Å². The van der Waals surface area contributed by atoms with E-state index >= 15 is 0 Å². The van der Waals surface area contributed by atoms with Crippen molar-refractivity contribution >= 4 is 0 Å². The molecule has 2 nitrogen and oxygen atoms in total. The zero-order valence-electron chi connectivity index (χ0n) is 12.0. The average Bonchev–Trinajstić information content (AvgIpc) is 3.03. The second-order valence-electron chi connectivity index (χ2n) is 5.93. The van der Waals surface area contributed by atoms with Gasteiger partial charge in [-0.3, -0.25) is 0 Å². The van der Waals surface area contributed by atoms with Crippen LogP contribution in [-0.2, 0) is 5.41 Å². The van der Waals surface area contributed by atoms with Crippen LogP contribution < -0.4 is 5.73 Å². The smallest absolute Gasteiger partial charge is 0.133 e. The van der Waals surface area contributed by atoms with Crippen LogP contribution in [-0.4, -0.2) is 6.54 Å². The van der Waals surface area contributed by atoms with Crippen LogP contribution in [0.2, 0.25) is 0 Å². The summed E-state index contributed by atoms with van der Waals surface area (Å²) in [6, 6.07) is 12.9. The number of nitrogens with two attached hydrogens (primary N) is 1. The third-order valence-electron chi connectivity index (χ3n) is 4.74. The quantitative estimate of drug-likeness (QED) is 0.887. The van der Waals surface area contributed by atoms with E-state index in [0.29, 0.717) is 5.41 Å². The minimum atomic E-state index is 0.314. The topological polar surface area (TPSA) is 39.2 Å². The Balaban J connectivity index is 1.88. The molecule has 0 spiro atoms. The largest absolute Gasteiger partial charge is 0.464 e. The summed E-state index contributed by atoms with van der Waals surface area (Å²) >= 11 is 0. The molecule has 0 radical (unpaired) electrons. The van der Waals surface area contributed by atoms with Crippen LogP contribution >= 0.6 is 0 Å². The Labute approximate surface area is 121 Å². The third kappa shape index (κ3) is 2.53. The van der Waals surface area contributed by atoms with Crippen LogP contribution in [0.25, 0.3) is 11.3 Å². The van der Waals surface area contributed by atoms with Gasteiger partial charge in [0.05, 0.1) is 6.26 Å². The first-order valence-electron chi connectivity index (χ1n) is 7.69. The summed E-state index contributed by atoms with van der Waals surface area (Å²) in [6.45, 7) is 0.778. The lowest BCUT2D eigenvalue weighted by atomic mass is 9.67. The van der Waals surface area contributed by atoms with Gasteiger partial charge in [-0.25, -0.2) is 0 Å². The van der Waals surface area contributed by atoms with Crippen molar-refractivity contribution in [3.8, 4) is 11.3 Å². The molecule has 1 aliphatic rings. The summed E-state index contributed by atoms with van der Waals surface area (Å²) in [4.78, 5) is 0. The second-order valence-corrected chi connectivity index (χ2v) is 5.93. The van der Waals surface area contributed by atoms with E-state index in [4.69, 9.17) is 10.2 Å². The summed E-state index contributed by atoms with van der Waals surface area (Å²) in [6.07, 6.45) is 9.43. The molecule has 1 fully saturated rings. The van der Waals surface area contributed by atoms with E-state index in [1.807, 2.05) is 12.1 Å². The van der Waals surface area contributed by atoms with E-state index in [0.717, 1.165) is 24.3 Å². The van der Waals surface area contributed by atoms with Crippen molar-refractivity contribution in [2.45, 2.75) is 43.9 Å². The van der Waals surface area contributed by atoms with Gasteiger partial charge in [0.1, 0.15) is 5.76 Å². The molecule has 0 bridgehead atoms. The molecule has 1 aliphatic carbocycles. The Hall–Kier alpha value is -1.54. The number of furan rings is 1. The molecular weight excluding hydrogens is 246 g/mol. The molecule has 0 atom stereocenters. The zero-order valence-corrected chi connectivity index (χ0v) is 12.0. The lowest BCUT2D eigenvalue weighted by Gasteiger charge is -2.38. The highest BCUT2D eigenvalue weighted by Crippen LogP contribution is 2.42. The first kappa shape index (κ1) is 13.4. The van der Waals surface area contributed by atoms with Crippen LogP contribution in [0.15, 0.2) is 47.1 Å². The molecule has 2 N–H and O–H groups in total. The SMILES string of the molecule is NCCC1(c2ccc(-c3ccco3)cc2)CCCCC1. The predicted octanol–water partition coefficient (Wildman–Crippen LogP) is 4.50. The van der Waals surface area contributed by atoms with E-state index in [2.05, 4.69) is 24.3 Å². The van der Waals surface area contributed by atoms with E-state index in [1.165, 1.54) is 37.7 Å². The Morgan fingerprint density at radius 3 is 2.35 bits per heavy atom. The number of hydrogen-bond acceptors (Lipinski definition) is 2. The van der Waals surface area contributed by atoms with Crippen LogP contribution in [0.3, 0.4) is 0 Å². The van der Waals surface area contributed by atoms with Crippen molar-refractivity contribution in [2.24, 2.45) is 5.73 Å². The van der Waals surface area contributed by atoms with E-state index in [1.54, 1.807) is 6.26 Å². The van der Waals surface area contributed by atoms with Gasteiger partial charge in [-0.1, -0.05) is 43.5 Å². The molecule has 1 saturated carbocycles. The zero-order chi connectivity index (χ0) is 13.8. The summed E-state index contributed by atoms with van der Waals surface area (Å²) in [7, 11) is 0. The lowest BCUT2D eigenvalue weighted by Crippen LogP contribution is -2.31. The number of benzene rings is 1. The van der Waals surface area contributed by atoms with E-state index in [-0.39, 0.29) is 0 Å². The molecule has 1 aromatic heterocycles. The van der Waals surface area contributed by atoms with Gasteiger partial charge in [-0.2, -0.15) is 0 Å². The Morgan fingerprint density at radius 2 is 1.75 bits per heavy atom. The van der Waals surface area contributed by atoms with Crippen molar-refractivity contribution in [3.63, 3.8) is 0 Å². The van der Waals surface area contributed by atoms with Gasteiger partial charge in [-0.05, 0) is 48.9 Å². The van der Waals surface area contributed by atoms with Gasteiger partial charge in [0.2, 0.25) is 0 Å². The fraction of sp³-hybridized carbons (Fsp3) is 0.444. The molecule has 0 aliphatic heterocycles. The van der Waals surface area contributed by atoms with Crippen molar-refractivity contribution in [3.05, 3.63) is 48.2 Å². The molecule has 2 heteroatoms. The molecule has 1 aromatic carbocycles. The number of rotatable bonds is 4. The van der Waals surface area contributed by atoms with Crippen LogP contribution in [0.4, 0.5) is 0 Å². The first-order chi connectivity index (χ1) is 9.84. The average molecular weight is 269 g/mol. The van der Waals surface area contributed by atoms with Crippen LogP contribution in [0, 0.1) is 0 Å². The highest BCUT2D eigenvalue weighted by molar-refractivity contribution is 5.57. The molecule has 0 unspecified atom stereocenters. The molecular formula is C18H23NO. The lowest BCUT2D eigenvalue weighted by molar-refractivity contribution is 0.277. The summed E-state index contributed by atoms with van der Waals surface area (Å²) in [5.74, 6) is 0.938. The standard InChI is InChI=1S/C18H23NO/c19-13-12-18(10-2-1-3-11-18)16-8-6-15(7-9-16)17-5-4-14-20-17/h4-9,14H,1-3,10-13,19H2. The molecule has 0 saturated heterocycles. The van der Waals surface area contributed by atoms with E-state index in [9.17, 15) is 0 Å². The normalized spacial score (nSPS) is 18.1.